The van der Waals surface area contributed by atoms with Crippen LogP contribution in [0.15, 0.2) is 18.2 Å². The third-order valence-electron chi connectivity index (χ3n) is 2.82. The van der Waals surface area contributed by atoms with Crippen LogP contribution < -0.4 is 20.7 Å². The number of imide groups is 1. The summed E-state index contributed by atoms with van der Waals surface area (Å²) in [5.74, 6) is 0.316. The summed E-state index contributed by atoms with van der Waals surface area (Å²) in [6.45, 7) is 0.754. The van der Waals surface area contributed by atoms with E-state index in [9.17, 15) is 9.59 Å². The molecular weight excluding hydrogens is 234 g/mol. The predicted molar refractivity (Wildman–Crippen MR) is 66.4 cm³/mol. The van der Waals surface area contributed by atoms with Crippen molar-refractivity contribution in [3.05, 3.63) is 23.8 Å². The molecule has 18 heavy (non-hydrogen) atoms. The first-order valence-corrected chi connectivity index (χ1v) is 5.64. The maximum atomic E-state index is 11.7. The zero-order valence-electron chi connectivity index (χ0n) is 10.1. The Morgan fingerprint density at radius 2 is 2.22 bits per heavy atom. The monoisotopic (exact) mass is 249 g/mol. The third kappa shape index (κ3) is 2.28. The molecule has 96 valence electrons. The number of hydrogen-bond donors (Lipinski definition) is 2. The van der Waals surface area contributed by atoms with Gasteiger partial charge < -0.3 is 10.5 Å². The van der Waals surface area contributed by atoms with Gasteiger partial charge in [-0.3, -0.25) is 15.0 Å². The van der Waals surface area contributed by atoms with Gasteiger partial charge in [-0.2, -0.15) is 0 Å². The van der Waals surface area contributed by atoms with Crippen LogP contribution in [0.25, 0.3) is 0 Å². The van der Waals surface area contributed by atoms with Crippen LogP contribution in [-0.4, -0.2) is 25.6 Å². The summed E-state index contributed by atoms with van der Waals surface area (Å²) in [7, 11) is 1.53. The van der Waals surface area contributed by atoms with E-state index < -0.39 is 6.03 Å². The molecule has 2 rings (SSSR count). The van der Waals surface area contributed by atoms with E-state index in [4.69, 9.17) is 10.5 Å². The molecule has 1 saturated heterocycles. The summed E-state index contributed by atoms with van der Waals surface area (Å²) in [5.41, 5.74) is 7.11. The first-order chi connectivity index (χ1) is 8.65. The Hall–Kier alpha value is -2.08. The molecule has 1 heterocycles. The number of rotatable bonds is 3. The van der Waals surface area contributed by atoms with Crippen LogP contribution in [0.3, 0.4) is 0 Å². The molecule has 1 fully saturated rings. The van der Waals surface area contributed by atoms with E-state index in [-0.39, 0.29) is 12.3 Å². The van der Waals surface area contributed by atoms with Gasteiger partial charge in [-0.1, -0.05) is 6.07 Å². The van der Waals surface area contributed by atoms with Crippen LogP contribution >= 0.6 is 0 Å². The summed E-state index contributed by atoms with van der Waals surface area (Å²) in [6.07, 6.45) is 0.285. The van der Waals surface area contributed by atoms with Crippen molar-refractivity contribution in [3.63, 3.8) is 0 Å². The summed E-state index contributed by atoms with van der Waals surface area (Å²) in [5, 5.41) is 2.28. The molecule has 0 aromatic heterocycles. The second-order valence-corrected chi connectivity index (χ2v) is 3.97. The molecule has 3 amide bonds. The normalized spacial score (nSPS) is 15.6. The molecule has 6 nitrogen and oxygen atoms in total. The number of methoxy groups -OCH3 is 1. The van der Waals surface area contributed by atoms with Crippen molar-refractivity contribution in [2.24, 2.45) is 5.73 Å². The first kappa shape index (κ1) is 12.4. The Bertz CT molecular complexity index is 487. The van der Waals surface area contributed by atoms with Gasteiger partial charge in [0.05, 0.1) is 12.8 Å². The zero-order chi connectivity index (χ0) is 13.1. The highest BCUT2D eigenvalue weighted by Crippen LogP contribution is 2.30. The summed E-state index contributed by atoms with van der Waals surface area (Å²) < 4.78 is 5.25. The van der Waals surface area contributed by atoms with Crippen molar-refractivity contribution in [2.75, 3.05) is 18.6 Å². The molecule has 1 aliphatic rings. The highest BCUT2D eigenvalue weighted by atomic mass is 16.5. The maximum absolute atomic E-state index is 11.7. The number of ether oxygens (including phenoxy) is 1. The molecule has 0 radical (unpaired) electrons. The molecular formula is C12H15N3O3. The highest BCUT2D eigenvalue weighted by Gasteiger charge is 2.26. The van der Waals surface area contributed by atoms with Crippen molar-refractivity contribution < 1.29 is 14.3 Å². The Labute approximate surface area is 105 Å². The summed E-state index contributed by atoms with van der Waals surface area (Å²) in [6, 6.07) is 4.97. The standard InChI is InChI=1S/C12H15N3O3/c1-18-10-6-8(7-13)2-3-9(10)15-5-4-11(16)14-12(15)17/h2-3,6H,4-5,7,13H2,1H3,(H,14,16,17). The summed E-state index contributed by atoms with van der Waals surface area (Å²) >= 11 is 0. The topological polar surface area (TPSA) is 84.7 Å². The number of nitrogens with two attached hydrogens (primary N) is 1. The number of hydrogen-bond acceptors (Lipinski definition) is 4. The van der Waals surface area contributed by atoms with E-state index in [2.05, 4.69) is 5.32 Å². The van der Waals surface area contributed by atoms with E-state index in [1.54, 1.807) is 12.1 Å². The van der Waals surface area contributed by atoms with Gasteiger partial charge >= 0.3 is 6.03 Å². The van der Waals surface area contributed by atoms with Gasteiger partial charge in [0.2, 0.25) is 5.91 Å². The van der Waals surface area contributed by atoms with Gasteiger partial charge in [-0.15, -0.1) is 0 Å². The van der Waals surface area contributed by atoms with Gasteiger partial charge in [-0.05, 0) is 17.7 Å². The Kier molecular flexibility index (Phi) is 3.47. The van der Waals surface area contributed by atoms with Gasteiger partial charge in [0.1, 0.15) is 5.75 Å². The minimum atomic E-state index is -0.426. The lowest BCUT2D eigenvalue weighted by Crippen LogP contribution is -2.49. The lowest BCUT2D eigenvalue weighted by molar-refractivity contribution is -0.120. The lowest BCUT2D eigenvalue weighted by atomic mass is 10.1. The maximum Gasteiger partial charge on any atom is 0.328 e. The number of nitrogens with one attached hydrogen (secondary N) is 1. The van der Waals surface area contributed by atoms with Gasteiger partial charge in [0, 0.05) is 19.5 Å². The average molecular weight is 249 g/mol. The first-order valence-electron chi connectivity index (χ1n) is 5.64. The molecule has 3 N–H and O–H groups in total. The summed E-state index contributed by atoms with van der Waals surface area (Å²) in [4.78, 5) is 24.3. The second kappa shape index (κ2) is 5.05. The number of anilines is 1. The fraction of sp³-hybridized carbons (Fsp3) is 0.333. The van der Waals surface area contributed by atoms with Gasteiger partial charge in [-0.25, -0.2) is 4.79 Å². The minimum Gasteiger partial charge on any atom is -0.495 e. The largest absolute Gasteiger partial charge is 0.495 e. The predicted octanol–water partition coefficient (Wildman–Crippen LogP) is 0.600. The molecule has 0 unspecified atom stereocenters. The fourth-order valence-corrected chi connectivity index (χ4v) is 1.87. The van der Waals surface area contributed by atoms with Crippen molar-refractivity contribution in [1.82, 2.24) is 5.32 Å². The zero-order valence-corrected chi connectivity index (χ0v) is 10.1. The van der Waals surface area contributed by atoms with E-state index in [0.717, 1.165) is 5.56 Å². The minimum absolute atomic E-state index is 0.256. The van der Waals surface area contributed by atoms with Gasteiger partial charge in [0.15, 0.2) is 0 Å². The number of carbonyl (C=O) groups is 2. The molecule has 0 aliphatic carbocycles. The van der Waals surface area contributed by atoms with E-state index in [1.807, 2.05) is 6.07 Å². The van der Waals surface area contributed by atoms with Crippen LogP contribution in [0.2, 0.25) is 0 Å². The van der Waals surface area contributed by atoms with Crippen molar-refractivity contribution in [2.45, 2.75) is 13.0 Å². The third-order valence-corrected chi connectivity index (χ3v) is 2.82. The number of benzene rings is 1. The van der Waals surface area contributed by atoms with Crippen LogP contribution in [-0.2, 0) is 11.3 Å². The lowest BCUT2D eigenvalue weighted by Gasteiger charge is -2.28. The Morgan fingerprint density at radius 1 is 1.44 bits per heavy atom. The van der Waals surface area contributed by atoms with Crippen LogP contribution in [0.1, 0.15) is 12.0 Å². The van der Waals surface area contributed by atoms with Crippen LogP contribution in [0.5, 0.6) is 5.75 Å². The molecule has 6 heteroatoms. The molecule has 1 aliphatic heterocycles. The smallest absolute Gasteiger partial charge is 0.328 e. The Morgan fingerprint density at radius 3 is 2.83 bits per heavy atom. The van der Waals surface area contributed by atoms with Crippen molar-refractivity contribution in [3.8, 4) is 5.75 Å². The van der Waals surface area contributed by atoms with Crippen LogP contribution in [0.4, 0.5) is 10.5 Å². The van der Waals surface area contributed by atoms with Gasteiger partial charge in [0.25, 0.3) is 0 Å². The molecule has 0 spiro atoms. The number of amides is 3. The Balaban J connectivity index is 2.32. The number of urea groups is 1. The van der Waals surface area contributed by atoms with Crippen molar-refractivity contribution >= 4 is 17.6 Å². The average Bonchev–Trinajstić information content (AvgIpc) is 2.38. The van der Waals surface area contributed by atoms with Crippen molar-refractivity contribution in [1.29, 1.82) is 0 Å². The molecule has 1 aromatic rings. The molecule has 1 aromatic carbocycles. The molecule has 0 atom stereocenters. The van der Waals surface area contributed by atoms with E-state index in [0.29, 0.717) is 24.5 Å². The molecule has 0 saturated carbocycles. The second-order valence-electron chi connectivity index (χ2n) is 3.97. The number of nitrogens with zero attached hydrogens (tertiary/aromatic N) is 1. The number of carbonyl (C=O) groups excluding carboxylic acids is 2. The van der Waals surface area contributed by atoms with Crippen LogP contribution in [0, 0.1) is 0 Å². The van der Waals surface area contributed by atoms with E-state index in [1.165, 1.54) is 12.0 Å². The molecule has 0 bridgehead atoms. The van der Waals surface area contributed by atoms with E-state index >= 15 is 0 Å². The SMILES string of the molecule is COc1cc(CN)ccc1N1CCC(=O)NC1=O. The fourth-order valence-electron chi connectivity index (χ4n) is 1.87. The quantitative estimate of drug-likeness (QED) is 0.821. The highest BCUT2D eigenvalue weighted by molar-refractivity contribution is 6.06.